The standard InChI is InChI=1S/C24H26N4O3S/c1-2-3-4-5-8-13-32-24-26-23(29)21-17-9-6-7-10-18(17)25-22(28(21)27-24)16-11-12-19-20(14-16)31-15-30-19/h6-7,9-12,14,22H,2-5,8,13,15H2,1H3,(H,26,27,29)/t22-/m0/s1. The monoisotopic (exact) mass is 450 g/mol. The first-order chi connectivity index (χ1) is 15.7. The van der Waals surface area contributed by atoms with Crippen molar-refractivity contribution in [1.82, 2.24) is 10.3 Å². The Kier molecular flexibility index (Phi) is 6.03. The molecule has 2 aromatic rings. The molecule has 0 bridgehead atoms. The Hall–Kier alpha value is -3.00. The van der Waals surface area contributed by atoms with Crippen LogP contribution in [0, 0.1) is 0 Å². The van der Waals surface area contributed by atoms with E-state index in [0.29, 0.717) is 22.4 Å². The Labute approximate surface area is 191 Å². The molecule has 3 heterocycles. The van der Waals surface area contributed by atoms with Gasteiger partial charge in [0.2, 0.25) is 6.79 Å². The van der Waals surface area contributed by atoms with Crippen LogP contribution >= 0.6 is 11.8 Å². The number of amides is 1. The molecular formula is C24H26N4O3S. The first-order valence-electron chi connectivity index (χ1n) is 11.1. The highest BCUT2D eigenvalue weighted by Gasteiger charge is 2.35. The zero-order chi connectivity index (χ0) is 21.9. The molecule has 1 amide bonds. The van der Waals surface area contributed by atoms with Crippen LogP contribution in [0.2, 0.25) is 0 Å². The van der Waals surface area contributed by atoms with Crippen molar-refractivity contribution < 1.29 is 14.3 Å². The average Bonchev–Trinajstić information content (AvgIpc) is 3.28. The summed E-state index contributed by atoms with van der Waals surface area (Å²) in [6.45, 7) is 2.43. The molecule has 32 heavy (non-hydrogen) atoms. The molecule has 5 rings (SSSR count). The lowest BCUT2D eigenvalue weighted by Crippen LogP contribution is -2.50. The largest absolute Gasteiger partial charge is 0.454 e. The van der Waals surface area contributed by atoms with Crippen LogP contribution in [0.1, 0.15) is 50.8 Å². The van der Waals surface area contributed by atoms with Gasteiger partial charge in [-0.1, -0.05) is 68.6 Å². The number of nitrogens with zero attached hydrogens (tertiary/aromatic N) is 3. The molecule has 3 aliphatic rings. The molecule has 0 aromatic heterocycles. The fourth-order valence-corrected chi connectivity index (χ4v) is 4.91. The zero-order valence-electron chi connectivity index (χ0n) is 18.0. The van der Waals surface area contributed by atoms with Gasteiger partial charge in [-0.05, 0) is 24.6 Å². The van der Waals surface area contributed by atoms with Crippen molar-refractivity contribution in [3.63, 3.8) is 0 Å². The summed E-state index contributed by atoms with van der Waals surface area (Å²) in [4.78, 5) is 18.1. The maximum Gasteiger partial charge on any atom is 0.276 e. The maximum atomic E-state index is 13.2. The Morgan fingerprint density at radius 2 is 1.94 bits per heavy atom. The smallest absolute Gasteiger partial charge is 0.276 e. The second-order valence-electron chi connectivity index (χ2n) is 7.95. The van der Waals surface area contributed by atoms with Crippen molar-refractivity contribution >= 4 is 28.5 Å². The fraction of sp³-hybridized carbons (Fsp3) is 0.375. The van der Waals surface area contributed by atoms with Crippen molar-refractivity contribution in [3.8, 4) is 11.5 Å². The summed E-state index contributed by atoms with van der Waals surface area (Å²) in [6.07, 6.45) is 5.60. The van der Waals surface area contributed by atoms with Gasteiger partial charge in [0.1, 0.15) is 5.70 Å². The number of amidine groups is 1. The highest BCUT2D eigenvalue weighted by molar-refractivity contribution is 8.13. The van der Waals surface area contributed by atoms with E-state index < -0.39 is 6.17 Å². The molecule has 0 unspecified atom stereocenters. The third kappa shape index (κ3) is 4.07. The molecule has 0 spiro atoms. The number of benzene rings is 2. The number of hydrazone groups is 1. The normalized spacial score (nSPS) is 18.5. The van der Waals surface area contributed by atoms with E-state index in [4.69, 9.17) is 19.6 Å². The van der Waals surface area contributed by atoms with Gasteiger partial charge in [0.25, 0.3) is 5.91 Å². The number of unbranched alkanes of at least 4 members (excludes halogenated alkanes) is 4. The number of fused-ring (bicyclic) bond motifs is 3. The maximum absolute atomic E-state index is 13.2. The van der Waals surface area contributed by atoms with E-state index in [0.717, 1.165) is 28.3 Å². The summed E-state index contributed by atoms with van der Waals surface area (Å²) in [5, 5.41) is 11.7. The second kappa shape index (κ2) is 9.24. The molecule has 0 aliphatic carbocycles. The van der Waals surface area contributed by atoms with Crippen molar-refractivity contribution in [2.45, 2.75) is 45.2 Å². The number of carbonyl (C=O) groups excluding carboxylic acids is 1. The van der Waals surface area contributed by atoms with Crippen LogP contribution in [0.4, 0.5) is 0 Å². The predicted octanol–water partition coefficient (Wildman–Crippen LogP) is 3.26. The minimum absolute atomic E-state index is 0.151. The molecule has 8 heteroatoms. The highest BCUT2D eigenvalue weighted by atomic mass is 32.2. The van der Waals surface area contributed by atoms with E-state index in [1.807, 2.05) is 42.5 Å². The lowest BCUT2D eigenvalue weighted by atomic mass is 10.1. The number of para-hydroxylation sites is 1. The van der Waals surface area contributed by atoms with E-state index >= 15 is 0 Å². The number of carbonyl (C=O) groups is 1. The van der Waals surface area contributed by atoms with Gasteiger partial charge in [0, 0.05) is 16.5 Å². The van der Waals surface area contributed by atoms with Gasteiger partial charge in [-0.2, -0.15) is 0 Å². The van der Waals surface area contributed by atoms with Gasteiger partial charge in [-0.25, -0.2) is 5.01 Å². The summed E-state index contributed by atoms with van der Waals surface area (Å²) in [6, 6.07) is 13.4. The Morgan fingerprint density at radius 1 is 1.09 bits per heavy atom. The number of hydrogen-bond acceptors (Lipinski definition) is 7. The minimum Gasteiger partial charge on any atom is -0.454 e. The van der Waals surface area contributed by atoms with Gasteiger partial charge < -0.3 is 9.47 Å². The molecule has 1 atom stereocenters. The Bertz CT molecular complexity index is 1180. The van der Waals surface area contributed by atoms with Gasteiger partial charge >= 0.3 is 0 Å². The summed E-state index contributed by atoms with van der Waals surface area (Å²) in [5.74, 6) is 2.18. The zero-order valence-corrected chi connectivity index (χ0v) is 18.9. The molecule has 0 saturated heterocycles. The molecule has 166 valence electrons. The van der Waals surface area contributed by atoms with E-state index in [2.05, 4.69) is 12.2 Å². The van der Waals surface area contributed by atoms with E-state index in [1.54, 1.807) is 16.8 Å². The third-order valence-electron chi connectivity index (χ3n) is 5.70. The topological polar surface area (TPSA) is 75.5 Å². The number of ether oxygens (including phenoxy) is 2. The van der Waals surface area contributed by atoms with E-state index in [1.165, 1.54) is 25.7 Å². The Balaban J connectivity index is 1.46. The summed E-state index contributed by atoms with van der Waals surface area (Å²) in [7, 11) is 0. The minimum atomic E-state index is -0.458. The highest BCUT2D eigenvalue weighted by Crippen LogP contribution is 2.38. The molecule has 2 aromatic carbocycles. The van der Waals surface area contributed by atoms with Crippen molar-refractivity contribution in [2.24, 2.45) is 10.1 Å². The van der Waals surface area contributed by atoms with Crippen LogP contribution in [-0.4, -0.2) is 28.6 Å². The van der Waals surface area contributed by atoms with Crippen LogP contribution in [0.15, 0.2) is 52.6 Å². The first-order valence-corrected chi connectivity index (χ1v) is 12.1. The summed E-state index contributed by atoms with van der Waals surface area (Å²) in [5.41, 5.74) is 1.41. The van der Waals surface area contributed by atoms with Crippen LogP contribution < -0.4 is 25.4 Å². The van der Waals surface area contributed by atoms with Crippen LogP contribution in [0.5, 0.6) is 11.5 Å². The van der Waals surface area contributed by atoms with Gasteiger partial charge in [0.05, 0.1) is 5.36 Å². The predicted molar refractivity (Wildman–Crippen MR) is 125 cm³/mol. The lowest BCUT2D eigenvalue weighted by molar-refractivity contribution is -0.116. The van der Waals surface area contributed by atoms with Crippen molar-refractivity contribution in [1.29, 1.82) is 0 Å². The quantitative estimate of drug-likeness (QED) is 0.656. The SMILES string of the molecule is CCCCCCCSC1=NN2C(=c3ccccc3=N[C@@H]2c2ccc3c(c2)OCO3)C(=O)N1. The van der Waals surface area contributed by atoms with Gasteiger partial charge in [-0.15, -0.1) is 5.10 Å². The van der Waals surface area contributed by atoms with Crippen molar-refractivity contribution in [3.05, 3.63) is 58.6 Å². The van der Waals surface area contributed by atoms with Crippen LogP contribution in [0.3, 0.4) is 0 Å². The molecule has 0 radical (unpaired) electrons. The average molecular weight is 451 g/mol. The fourth-order valence-electron chi connectivity index (χ4n) is 4.06. The third-order valence-corrected chi connectivity index (χ3v) is 6.65. The summed E-state index contributed by atoms with van der Waals surface area (Å²) < 4.78 is 11.0. The van der Waals surface area contributed by atoms with Crippen LogP contribution in [0.25, 0.3) is 5.70 Å². The number of rotatable bonds is 7. The summed E-state index contributed by atoms with van der Waals surface area (Å²) >= 11 is 1.59. The number of nitrogens with one attached hydrogen (secondary N) is 1. The van der Waals surface area contributed by atoms with E-state index in [9.17, 15) is 4.79 Å². The van der Waals surface area contributed by atoms with Crippen LogP contribution in [-0.2, 0) is 4.79 Å². The first kappa shape index (κ1) is 20.9. The molecule has 0 saturated carbocycles. The molecular weight excluding hydrogens is 424 g/mol. The lowest BCUT2D eigenvalue weighted by Gasteiger charge is -2.34. The van der Waals surface area contributed by atoms with Crippen molar-refractivity contribution in [2.75, 3.05) is 12.5 Å². The second-order valence-corrected chi connectivity index (χ2v) is 9.03. The Morgan fingerprint density at radius 3 is 2.84 bits per heavy atom. The van der Waals surface area contributed by atoms with E-state index in [-0.39, 0.29) is 12.7 Å². The number of hydrogen-bond donors (Lipinski definition) is 1. The molecule has 0 fully saturated rings. The molecule has 1 N–H and O–H groups in total. The molecule has 7 nitrogen and oxygen atoms in total. The molecule has 3 aliphatic heterocycles. The van der Waals surface area contributed by atoms with Gasteiger partial charge in [-0.3, -0.25) is 15.1 Å². The number of thioether (sulfide) groups is 1. The van der Waals surface area contributed by atoms with Gasteiger partial charge in [0.15, 0.2) is 22.8 Å².